The number of rotatable bonds is 5. The van der Waals surface area contributed by atoms with Crippen LogP contribution in [0.25, 0.3) is 0 Å². The Bertz CT molecular complexity index is 346. The Morgan fingerprint density at radius 1 is 1.33 bits per heavy atom. The molecule has 0 aliphatic heterocycles. The fourth-order valence-electron chi connectivity index (χ4n) is 2.41. The highest BCUT2D eigenvalue weighted by molar-refractivity contribution is 4.98. The maximum Gasteiger partial charge on any atom is 0.229 e. The predicted molar refractivity (Wildman–Crippen MR) is 68.2 cm³/mol. The molecule has 1 saturated carbocycles. The van der Waals surface area contributed by atoms with Gasteiger partial charge in [0.2, 0.25) is 5.89 Å². The Morgan fingerprint density at radius 2 is 2.06 bits per heavy atom. The molecule has 1 aromatic rings. The molecular formula is C13H23N3O2. The van der Waals surface area contributed by atoms with Crippen molar-refractivity contribution in [1.29, 1.82) is 0 Å². The number of aromatic nitrogens is 2. The van der Waals surface area contributed by atoms with Crippen molar-refractivity contribution < 1.29 is 9.26 Å². The van der Waals surface area contributed by atoms with Crippen LogP contribution in [0.1, 0.15) is 69.1 Å². The first-order valence-electron chi connectivity index (χ1n) is 6.98. The molecule has 2 N–H and O–H groups in total. The summed E-state index contributed by atoms with van der Waals surface area (Å²) in [7, 11) is 0. The average molecular weight is 253 g/mol. The summed E-state index contributed by atoms with van der Waals surface area (Å²) in [5.41, 5.74) is 5.94. The van der Waals surface area contributed by atoms with Gasteiger partial charge in [-0.2, -0.15) is 4.98 Å². The molecular weight excluding hydrogens is 230 g/mol. The maximum absolute atomic E-state index is 5.94. The summed E-state index contributed by atoms with van der Waals surface area (Å²) in [6.07, 6.45) is 7.47. The zero-order valence-electron chi connectivity index (χ0n) is 11.1. The van der Waals surface area contributed by atoms with Crippen LogP contribution in [-0.4, -0.2) is 23.4 Å². The number of hydrogen-bond acceptors (Lipinski definition) is 5. The predicted octanol–water partition coefficient (Wildman–Crippen LogP) is 2.54. The van der Waals surface area contributed by atoms with E-state index in [-0.39, 0.29) is 6.04 Å². The Kier molecular flexibility index (Phi) is 5.13. The first kappa shape index (κ1) is 13.5. The lowest BCUT2D eigenvalue weighted by molar-refractivity contribution is 0.130. The molecule has 5 heteroatoms. The number of nitrogens with zero attached hydrogens (tertiary/aromatic N) is 2. The van der Waals surface area contributed by atoms with Gasteiger partial charge >= 0.3 is 0 Å². The minimum absolute atomic E-state index is 0.284. The highest BCUT2D eigenvalue weighted by Crippen LogP contribution is 2.30. The van der Waals surface area contributed by atoms with Gasteiger partial charge in [-0.25, -0.2) is 0 Å². The molecule has 5 nitrogen and oxygen atoms in total. The first-order chi connectivity index (χ1) is 8.81. The molecule has 1 aliphatic rings. The van der Waals surface area contributed by atoms with Crippen LogP contribution in [-0.2, 0) is 4.74 Å². The lowest BCUT2D eigenvalue weighted by atomic mass is 10.0. The summed E-state index contributed by atoms with van der Waals surface area (Å²) in [6, 6.07) is -0.284. The second-order valence-electron chi connectivity index (χ2n) is 4.95. The second-order valence-corrected chi connectivity index (χ2v) is 4.95. The molecule has 0 saturated heterocycles. The molecule has 1 atom stereocenters. The third-order valence-electron chi connectivity index (χ3n) is 3.50. The lowest BCUT2D eigenvalue weighted by Crippen LogP contribution is -2.18. The van der Waals surface area contributed by atoms with Crippen LogP contribution in [0.2, 0.25) is 0 Å². The molecule has 1 heterocycles. The van der Waals surface area contributed by atoms with Crippen molar-refractivity contribution in [1.82, 2.24) is 10.1 Å². The van der Waals surface area contributed by atoms with Crippen LogP contribution in [0.3, 0.4) is 0 Å². The molecule has 1 aliphatic carbocycles. The summed E-state index contributed by atoms with van der Waals surface area (Å²) in [5, 5.41) is 3.98. The summed E-state index contributed by atoms with van der Waals surface area (Å²) in [5.74, 6) is 1.76. The van der Waals surface area contributed by atoms with Crippen LogP contribution >= 0.6 is 0 Å². The van der Waals surface area contributed by atoms with E-state index in [2.05, 4.69) is 10.1 Å². The monoisotopic (exact) mass is 253 g/mol. The second kappa shape index (κ2) is 6.85. The Morgan fingerprint density at radius 3 is 2.72 bits per heavy atom. The average Bonchev–Trinajstić information content (AvgIpc) is 2.72. The Balaban J connectivity index is 1.95. The Hall–Kier alpha value is -0.940. The summed E-state index contributed by atoms with van der Waals surface area (Å²) >= 11 is 0. The van der Waals surface area contributed by atoms with Gasteiger partial charge in [-0.15, -0.1) is 0 Å². The van der Waals surface area contributed by atoms with Crippen molar-refractivity contribution in [3.63, 3.8) is 0 Å². The van der Waals surface area contributed by atoms with Gasteiger partial charge in [0.15, 0.2) is 5.82 Å². The minimum Gasteiger partial charge on any atom is -0.380 e. The van der Waals surface area contributed by atoms with Gasteiger partial charge < -0.3 is 15.0 Å². The fraction of sp³-hybridized carbons (Fsp3) is 0.846. The van der Waals surface area contributed by atoms with Crippen molar-refractivity contribution in [2.75, 3.05) is 13.2 Å². The molecule has 0 spiro atoms. The van der Waals surface area contributed by atoms with E-state index in [1.807, 2.05) is 6.92 Å². The van der Waals surface area contributed by atoms with Crippen molar-refractivity contribution in [3.05, 3.63) is 11.7 Å². The van der Waals surface area contributed by atoms with E-state index in [1.54, 1.807) is 0 Å². The van der Waals surface area contributed by atoms with E-state index < -0.39 is 0 Å². The van der Waals surface area contributed by atoms with Crippen LogP contribution in [0, 0.1) is 0 Å². The van der Waals surface area contributed by atoms with Crippen LogP contribution in [0.15, 0.2) is 4.52 Å². The van der Waals surface area contributed by atoms with Crippen molar-refractivity contribution >= 4 is 0 Å². The molecule has 1 unspecified atom stereocenters. The van der Waals surface area contributed by atoms with Crippen molar-refractivity contribution in [2.45, 2.75) is 57.4 Å². The van der Waals surface area contributed by atoms with Gasteiger partial charge in [-0.05, 0) is 19.8 Å². The third kappa shape index (κ3) is 3.53. The molecule has 0 amide bonds. The number of ether oxygens (including phenoxy) is 1. The summed E-state index contributed by atoms with van der Waals surface area (Å²) in [6.45, 7) is 3.04. The van der Waals surface area contributed by atoms with Crippen LogP contribution in [0.5, 0.6) is 0 Å². The quantitative estimate of drug-likeness (QED) is 0.816. The molecule has 2 rings (SSSR count). The molecule has 1 aromatic heterocycles. The van der Waals surface area contributed by atoms with E-state index in [4.69, 9.17) is 15.0 Å². The largest absolute Gasteiger partial charge is 0.380 e. The van der Waals surface area contributed by atoms with E-state index >= 15 is 0 Å². The van der Waals surface area contributed by atoms with E-state index in [0.29, 0.717) is 25.0 Å². The van der Waals surface area contributed by atoms with Crippen molar-refractivity contribution in [2.24, 2.45) is 5.73 Å². The lowest BCUT2D eigenvalue weighted by Gasteiger charge is -2.08. The minimum atomic E-state index is -0.284. The van der Waals surface area contributed by atoms with Gasteiger partial charge in [0.25, 0.3) is 0 Å². The molecule has 0 aromatic carbocycles. The van der Waals surface area contributed by atoms with Gasteiger partial charge in [-0.1, -0.05) is 30.8 Å². The highest BCUT2D eigenvalue weighted by atomic mass is 16.5. The van der Waals surface area contributed by atoms with Crippen molar-refractivity contribution in [3.8, 4) is 0 Å². The number of hydrogen-bond donors (Lipinski definition) is 1. The summed E-state index contributed by atoms with van der Waals surface area (Å²) < 4.78 is 10.6. The smallest absolute Gasteiger partial charge is 0.229 e. The fourth-order valence-corrected chi connectivity index (χ4v) is 2.41. The van der Waals surface area contributed by atoms with Gasteiger partial charge in [0, 0.05) is 12.5 Å². The van der Waals surface area contributed by atoms with E-state index in [9.17, 15) is 0 Å². The molecule has 1 fully saturated rings. The molecule has 0 radical (unpaired) electrons. The highest BCUT2D eigenvalue weighted by Gasteiger charge is 2.22. The third-order valence-corrected chi connectivity index (χ3v) is 3.50. The van der Waals surface area contributed by atoms with Gasteiger partial charge in [-0.3, -0.25) is 0 Å². The van der Waals surface area contributed by atoms with Gasteiger partial charge in [0.1, 0.15) is 0 Å². The number of nitrogens with two attached hydrogens (primary N) is 1. The van der Waals surface area contributed by atoms with Crippen LogP contribution < -0.4 is 5.73 Å². The SMILES string of the molecule is CCOCC(N)c1noc(C2CCCCCC2)n1. The molecule has 18 heavy (non-hydrogen) atoms. The molecule has 0 bridgehead atoms. The zero-order chi connectivity index (χ0) is 12.8. The van der Waals surface area contributed by atoms with E-state index in [0.717, 1.165) is 18.7 Å². The zero-order valence-corrected chi connectivity index (χ0v) is 11.1. The Labute approximate surface area is 108 Å². The van der Waals surface area contributed by atoms with Crippen LogP contribution in [0.4, 0.5) is 0 Å². The topological polar surface area (TPSA) is 74.2 Å². The first-order valence-corrected chi connectivity index (χ1v) is 6.98. The van der Waals surface area contributed by atoms with Gasteiger partial charge in [0.05, 0.1) is 12.6 Å². The normalized spacial score (nSPS) is 19.7. The van der Waals surface area contributed by atoms with E-state index in [1.165, 1.54) is 25.7 Å². The molecule has 102 valence electrons. The maximum atomic E-state index is 5.94. The standard InChI is InChI=1S/C13H23N3O2/c1-2-17-9-11(14)12-15-13(18-16-12)10-7-5-3-4-6-8-10/h10-11H,2-9,14H2,1H3. The summed E-state index contributed by atoms with van der Waals surface area (Å²) in [4.78, 5) is 4.45.